The summed E-state index contributed by atoms with van der Waals surface area (Å²) in [6.07, 6.45) is 3.12. The maximum atomic E-state index is 8.39. The van der Waals surface area contributed by atoms with Crippen LogP contribution in [0.2, 0.25) is 0 Å². The van der Waals surface area contributed by atoms with Crippen LogP contribution in [0.5, 0.6) is 17.5 Å². The molecular formula is C11H9N5O2. The minimum atomic E-state index is 0.189. The van der Waals surface area contributed by atoms with Crippen LogP contribution in [-0.2, 0) is 0 Å². The molecule has 0 aliphatic rings. The van der Waals surface area contributed by atoms with Crippen molar-refractivity contribution in [1.82, 2.24) is 9.97 Å². The molecule has 0 saturated heterocycles. The van der Waals surface area contributed by atoms with Crippen molar-refractivity contribution in [2.45, 2.75) is 0 Å². The molecule has 0 bridgehead atoms. The van der Waals surface area contributed by atoms with E-state index < -0.39 is 0 Å². The van der Waals surface area contributed by atoms with Gasteiger partial charge < -0.3 is 9.47 Å². The second kappa shape index (κ2) is 5.51. The van der Waals surface area contributed by atoms with Crippen LogP contribution < -0.4 is 9.47 Å². The average molecular weight is 243 g/mol. The first-order chi connectivity index (χ1) is 8.83. The van der Waals surface area contributed by atoms with Gasteiger partial charge in [-0.3, -0.25) is 0 Å². The third-order valence-corrected chi connectivity index (χ3v) is 2.05. The first-order valence-corrected chi connectivity index (χ1v) is 5.01. The molecule has 0 spiro atoms. The molecule has 0 aliphatic carbocycles. The molecule has 90 valence electrons. The van der Waals surface area contributed by atoms with Crippen LogP contribution in [0.3, 0.4) is 0 Å². The molecule has 0 saturated carbocycles. The number of rotatable bonds is 4. The number of aromatic nitrogens is 2. The molecule has 2 aromatic rings. The minimum Gasteiger partial charge on any atom is -0.493 e. The van der Waals surface area contributed by atoms with Crippen LogP contribution in [0.4, 0.5) is 5.69 Å². The summed E-state index contributed by atoms with van der Waals surface area (Å²) in [7, 11) is 1.52. The summed E-state index contributed by atoms with van der Waals surface area (Å²) in [6, 6.07) is 6.68. The van der Waals surface area contributed by atoms with Crippen molar-refractivity contribution in [2.24, 2.45) is 5.11 Å². The number of benzene rings is 1. The molecule has 0 N–H and O–H groups in total. The fraction of sp³-hybridized carbons (Fsp3) is 0.0909. The van der Waals surface area contributed by atoms with Gasteiger partial charge in [-0.15, -0.1) is 0 Å². The van der Waals surface area contributed by atoms with E-state index in [0.29, 0.717) is 17.2 Å². The SMILES string of the molecule is COc1ccc(N=[N+]=[N-])cc1Oc1ncccn1. The van der Waals surface area contributed by atoms with Crippen molar-refractivity contribution in [3.63, 3.8) is 0 Å². The number of methoxy groups -OCH3 is 1. The smallest absolute Gasteiger partial charge is 0.321 e. The van der Waals surface area contributed by atoms with Crippen LogP contribution in [0.1, 0.15) is 0 Å². The number of hydrogen-bond donors (Lipinski definition) is 0. The monoisotopic (exact) mass is 243 g/mol. The Kier molecular flexibility index (Phi) is 3.58. The summed E-state index contributed by atoms with van der Waals surface area (Å²) >= 11 is 0. The van der Waals surface area contributed by atoms with Crippen LogP contribution in [-0.4, -0.2) is 17.1 Å². The van der Waals surface area contributed by atoms with Crippen molar-refractivity contribution in [3.05, 3.63) is 47.1 Å². The van der Waals surface area contributed by atoms with E-state index in [2.05, 4.69) is 20.0 Å². The lowest BCUT2D eigenvalue weighted by Gasteiger charge is -2.08. The molecule has 0 amide bonds. The Morgan fingerprint density at radius 3 is 2.67 bits per heavy atom. The number of nitrogens with zero attached hydrogens (tertiary/aromatic N) is 5. The van der Waals surface area contributed by atoms with Gasteiger partial charge in [0, 0.05) is 23.0 Å². The first kappa shape index (κ1) is 11.7. The lowest BCUT2D eigenvalue weighted by molar-refractivity contribution is 0.368. The van der Waals surface area contributed by atoms with Gasteiger partial charge in [-0.2, -0.15) is 0 Å². The van der Waals surface area contributed by atoms with E-state index in [1.54, 1.807) is 36.7 Å². The zero-order valence-corrected chi connectivity index (χ0v) is 9.52. The van der Waals surface area contributed by atoms with Crippen LogP contribution in [0, 0.1) is 0 Å². The van der Waals surface area contributed by atoms with Crippen molar-refractivity contribution >= 4 is 5.69 Å². The maximum Gasteiger partial charge on any atom is 0.321 e. The molecule has 7 nitrogen and oxygen atoms in total. The second-order valence-corrected chi connectivity index (χ2v) is 3.16. The van der Waals surface area contributed by atoms with E-state index in [4.69, 9.17) is 15.0 Å². The Morgan fingerprint density at radius 1 is 1.22 bits per heavy atom. The highest BCUT2D eigenvalue weighted by Gasteiger charge is 2.07. The van der Waals surface area contributed by atoms with Gasteiger partial charge in [0.15, 0.2) is 11.5 Å². The topological polar surface area (TPSA) is 93.0 Å². The highest BCUT2D eigenvalue weighted by atomic mass is 16.5. The Bertz CT molecular complexity index is 581. The van der Waals surface area contributed by atoms with Gasteiger partial charge in [0.05, 0.1) is 7.11 Å². The Balaban J connectivity index is 2.35. The molecule has 7 heteroatoms. The predicted molar refractivity (Wildman–Crippen MR) is 63.9 cm³/mol. The Labute approximate surface area is 103 Å². The van der Waals surface area contributed by atoms with Gasteiger partial charge in [0.1, 0.15) is 0 Å². The normalized spacial score (nSPS) is 9.39. The number of azide groups is 1. The quantitative estimate of drug-likeness (QED) is 0.468. The summed E-state index contributed by atoms with van der Waals surface area (Å²) in [5, 5.41) is 3.49. The largest absolute Gasteiger partial charge is 0.493 e. The molecule has 2 rings (SSSR count). The fourth-order valence-electron chi connectivity index (χ4n) is 1.30. The van der Waals surface area contributed by atoms with Crippen LogP contribution >= 0.6 is 0 Å². The number of ether oxygens (including phenoxy) is 2. The average Bonchev–Trinajstić information content (AvgIpc) is 2.41. The standard InChI is InChI=1S/C11H9N5O2/c1-17-9-4-3-8(15-16-12)7-10(9)18-11-13-5-2-6-14-11/h2-7H,1H3. The molecule has 1 heterocycles. The van der Waals surface area contributed by atoms with Gasteiger partial charge in [-0.25, -0.2) is 9.97 Å². The van der Waals surface area contributed by atoms with Crippen molar-refractivity contribution < 1.29 is 9.47 Å². The van der Waals surface area contributed by atoms with E-state index in [9.17, 15) is 0 Å². The second-order valence-electron chi connectivity index (χ2n) is 3.16. The molecular weight excluding hydrogens is 234 g/mol. The summed E-state index contributed by atoms with van der Waals surface area (Å²) in [6.45, 7) is 0. The zero-order chi connectivity index (χ0) is 12.8. The molecule has 0 radical (unpaired) electrons. The molecule has 1 aromatic carbocycles. The minimum absolute atomic E-state index is 0.189. The molecule has 0 aliphatic heterocycles. The molecule has 0 fully saturated rings. The van der Waals surface area contributed by atoms with Gasteiger partial charge in [0.2, 0.25) is 0 Å². The highest BCUT2D eigenvalue weighted by molar-refractivity contribution is 5.52. The van der Waals surface area contributed by atoms with E-state index in [0.717, 1.165) is 0 Å². The lowest BCUT2D eigenvalue weighted by atomic mass is 10.3. The van der Waals surface area contributed by atoms with Crippen molar-refractivity contribution in [2.75, 3.05) is 7.11 Å². The van der Waals surface area contributed by atoms with E-state index in [1.807, 2.05) is 0 Å². The van der Waals surface area contributed by atoms with Gasteiger partial charge in [-0.1, -0.05) is 5.11 Å². The Hall–Kier alpha value is -2.79. The van der Waals surface area contributed by atoms with E-state index >= 15 is 0 Å². The highest BCUT2D eigenvalue weighted by Crippen LogP contribution is 2.33. The molecule has 0 atom stereocenters. The van der Waals surface area contributed by atoms with Crippen LogP contribution in [0.25, 0.3) is 10.4 Å². The zero-order valence-electron chi connectivity index (χ0n) is 9.52. The third kappa shape index (κ3) is 2.66. The van der Waals surface area contributed by atoms with Crippen molar-refractivity contribution in [1.29, 1.82) is 0 Å². The third-order valence-electron chi connectivity index (χ3n) is 2.05. The lowest BCUT2D eigenvalue weighted by Crippen LogP contribution is -1.93. The van der Waals surface area contributed by atoms with Gasteiger partial charge in [0.25, 0.3) is 0 Å². The molecule has 1 aromatic heterocycles. The summed E-state index contributed by atoms with van der Waals surface area (Å²) < 4.78 is 10.6. The first-order valence-electron chi connectivity index (χ1n) is 5.01. The molecule has 0 unspecified atom stereocenters. The summed E-state index contributed by atoms with van der Waals surface area (Å²) in [5.74, 6) is 0.882. The summed E-state index contributed by atoms with van der Waals surface area (Å²) in [4.78, 5) is 10.6. The molecule has 18 heavy (non-hydrogen) atoms. The predicted octanol–water partition coefficient (Wildman–Crippen LogP) is 3.22. The Morgan fingerprint density at radius 2 is 2.00 bits per heavy atom. The van der Waals surface area contributed by atoms with E-state index in [1.165, 1.54) is 7.11 Å². The van der Waals surface area contributed by atoms with Crippen LogP contribution in [0.15, 0.2) is 41.8 Å². The van der Waals surface area contributed by atoms with Gasteiger partial charge >= 0.3 is 6.01 Å². The van der Waals surface area contributed by atoms with Gasteiger partial charge in [-0.05, 0) is 29.8 Å². The number of hydrogen-bond acceptors (Lipinski definition) is 5. The van der Waals surface area contributed by atoms with E-state index in [-0.39, 0.29) is 6.01 Å². The van der Waals surface area contributed by atoms with Crippen molar-refractivity contribution in [3.8, 4) is 17.5 Å². The maximum absolute atomic E-state index is 8.39. The fourth-order valence-corrected chi connectivity index (χ4v) is 1.30. The summed E-state index contributed by atoms with van der Waals surface area (Å²) in [5.41, 5.74) is 8.81.